The van der Waals surface area contributed by atoms with Crippen LogP contribution in [0.15, 0.2) is 23.1 Å². The number of pyridine rings is 1. The van der Waals surface area contributed by atoms with Gasteiger partial charge < -0.3 is 14.6 Å². The number of nitrogens with zero attached hydrogens (tertiary/aromatic N) is 1. The number of aromatic nitrogens is 1. The van der Waals surface area contributed by atoms with Gasteiger partial charge in [-0.05, 0) is 6.07 Å². The zero-order valence-corrected chi connectivity index (χ0v) is 8.82. The molecule has 0 aromatic carbocycles. The molecule has 5 nitrogen and oxygen atoms in total. The number of rotatable bonds is 4. The summed E-state index contributed by atoms with van der Waals surface area (Å²) in [5.74, 6) is -0.182. The monoisotopic (exact) mass is 210 g/mol. The van der Waals surface area contributed by atoms with E-state index in [4.69, 9.17) is 4.74 Å². The van der Waals surface area contributed by atoms with E-state index < -0.39 is 0 Å². The Bertz CT molecular complexity index is 386. The fourth-order valence-electron chi connectivity index (χ4n) is 1.13. The second-order valence-corrected chi connectivity index (χ2v) is 3.16. The maximum Gasteiger partial charge on any atom is 0.253 e. The Labute approximate surface area is 87.7 Å². The third-order valence-electron chi connectivity index (χ3n) is 2.00. The summed E-state index contributed by atoms with van der Waals surface area (Å²) in [4.78, 5) is 26.7. The molecule has 1 rings (SSSR count). The number of H-pyrrole nitrogens is 1. The van der Waals surface area contributed by atoms with Gasteiger partial charge in [0.15, 0.2) is 0 Å². The molecule has 0 aliphatic heterocycles. The van der Waals surface area contributed by atoms with E-state index >= 15 is 0 Å². The van der Waals surface area contributed by atoms with Crippen LogP contribution >= 0.6 is 0 Å². The Balaban J connectivity index is 2.72. The SMILES string of the molecule is COCCN(C)C(=O)c1cc[nH]c(=O)c1. The van der Waals surface area contributed by atoms with E-state index in [1.807, 2.05) is 0 Å². The Morgan fingerprint density at radius 2 is 2.33 bits per heavy atom. The highest BCUT2D eigenvalue weighted by Crippen LogP contribution is 1.98. The van der Waals surface area contributed by atoms with Gasteiger partial charge in [0.25, 0.3) is 5.91 Å². The summed E-state index contributed by atoms with van der Waals surface area (Å²) < 4.78 is 4.86. The lowest BCUT2D eigenvalue weighted by molar-refractivity contribution is 0.0744. The first-order chi connectivity index (χ1) is 7.15. The van der Waals surface area contributed by atoms with Crippen molar-refractivity contribution in [2.45, 2.75) is 0 Å². The van der Waals surface area contributed by atoms with E-state index in [0.29, 0.717) is 18.7 Å². The minimum absolute atomic E-state index is 0.182. The smallest absolute Gasteiger partial charge is 0.253 e. The van der Waals surface area contributed by atoms with Crippen molar-refractivity contribution in [3.63, 3.8) is 0 Å². The van der Waals surface area contributed by atoms with E-state index in [1.165, 1.54) is 17.2 Å². The number of carbonyl (C=O) groups excluding carboxylic acids is 1. The second kappa shape index (κ2) is 5.31. The molecule has 0 spiro atoms. The Hall–Kier alpha value is -1.62. The fraction of sp³-hybridized carbons (Fsp3) is 0.400. The summed E-state index contributed by atoms with van der Waals surface area (Å²) in [5, 5.41) is 0. The lowest BCUT2D eigenvalue weighted by atomic mass is 10.2. The van der Waals surface area contributed by atoms with Gasteiger partial charge in [-0.3, -0.25) is 9.59 Å². The van der Waals surface area contributed by atoms with Crippen molar-refractivity contribution in [1.82, 2.24) is 9.88 Å². The molecule has 1 N–H and O–H groups in total. The number of amides is 1. The van der Waals surface area contributed by atoms with Crippen LogP contribution in [-0.4, -0.2) is 43.1 Å². The third kappa shape index (κ3) is 3.21. The molecular formula is C10H14N2O3. The zero-order chi connectivity index (χ0) is 11.3. The minimum atomic E-state index is -0.277. The second-order valence-electron chi connectivity index (χ2n) is 3.16. The molecule has 0 atom stereocenters. The maximum atomic E-state index is 11.7. The number of aromatic amines is 1. The molecule has 0 unspecified atom stereocenters. The highest BCUT2D eigenvalue weighted by molar-refractivity contribution is 5.93. The van der Waals surface area contributed by atoms with Gasteiger partial charge in [0, 0.05) is 38.5 Å². The van der Waals surface area contributed by atoms with Crippen molar-refractivity contribution < 1.29 is 9.53 Å². The van der Waals surface area contributed by atoms with Gasteiger partial charge in [-0.15, -0.1) is 0 Å². The number of ether oxygens (including phenoxy) is 1. The van der Waals surface area contributed by atoms with Crippen molar-refractivity contribution in [2.24, 2.45) is 0 Å². The van der Waals surface area contributed by atoms with Crippen molar-refractivity contribution in [2.75, 3.05) is 27.3 Å². The maximum absolute atomic E-state index is 11.7. The minimum Gasteiger partial charge on any atom is -0.383 e. The predicted octanol–water partition coefficient (Wildman–Crippen LogP) is 0.0933. The van der Waals surface area contributed by atoms with E-state index in [2.05, 4.69) is 4.98 Å². The lowest BCUT2D eigenvalue weighted by Crippen LogP contribution is -2.30. The first kappa shape index (κ1) is 11.5. The molecule has 0 saturated carbocycles. The molecule has 0 bridgehead atoms. The van der Waals surface area contributed by atoms with Crippen LogP contribution in [0.2, 0.25) is 0 Å². The third-order valence-corrected chi connectivity index (χ3v) is 2.00. The van der Waals surface area contributed by atoms with Crippen LogP contribution in [0, 0.1) is 0 Å². The van der Waals surface area contributed by atoms with Crippen LogP contribution in [0.5, 0.6) is 0 Å². The molecule has 0 radical (unpaired) electrons. The molecule has 5 heteroatoms. The van der Waals surface area contributed by atoms with Gasteiger partial charge >= 0.3 is 0 Å². The summed E-state index contributed by atoms with van der Waals surface area (Å²) in [6.45, 7) is 0.980. The highest BCUT2D eigenvalue weighted by Gasteiger charge is 2.10. The molecule has 0 aliphatic carbocycles. The van der Waals surface area contributed by atoms with E-state index in [1.54, 1.807) is 20.2 Å². The molecule has 1 heterocycles. The summed E-state index contributed by atoms with van der Waals surface area (Å²) in [6, 6.07) is 2.86. The largest absolute Gasteiger partial charge is 0.383 e. The van der Waals surface area contributed by atoms with Gasteiger partial charge in [0.1, 0.15) is 0 Å². The number of likely N-dealkylation sites (N-methyl/N-ethyl adjacent to an activating group) is 1. The van der Waals surface area contributed by atoms with Crippen molar-refractivity contribution in [3.8, 4) is 0 Å². The van der Waals surface area contributed by atoms with Crippen molar-refractivity contribution in [3.05, 3.63) is 34.2 Å². The van der Waals surface area contributed by atoms with Crippen molar-refractivity contribution in [1.29, 1.82) is 0 Å². The lowest BCUT2D eigenvalue weighted by Gasteiger charge is -2.16. The van der Waals surface area contributed by atoms with Gasteiger partial charge in [0.2, 0.25) is 5.56 Å². The number of hydrogen-bond donors (Lipinski definition) is 1. The van der Waals surface area contributed by atoms with Gasteiger partial charge in [-0.25, -0.2) is 0 Å². The molecule has 15 heavy (non-hydrogen) atoms. The number of nitrogens with one attached hydrogen (secondary N) is 1. The topological polar surface area (TPSA) is 62.4 Å². The average molecular weight is 210 g/mol. The molecule has 1 amide bonds. The standard InChI is InChI=1S/C10H14N2O3/c1-12(5-6-15-2)10(14)8-3-4-11-9(13)7-8/h3-4,7H,5-6H2,1-2H3,(H,11,13). The van der Waals surface area contributed by atoms with Gasteiger partial charge in [-0.1, -0.05) is 0 Å². The molecule has 1 aromatic heterocycles. The zero-order valence-electron chi connectivity index (χ0n) is 8.82. The Morgan fingerprint density at radius 1 is 1.60 bits per heavy atom. The van der Waals surface area contributed by atoms with E-state index in [-0.39, 0.29) is 11.5 Å². The van der Waals surface area contributed by atoms with E-state index in [0.717, 1.165) is 0 Å². The molecule has 0 aliphatic rings. The van der Waals surface area contributed by atoms with Crippen LogP contribution in [0.25, 0.3) is 0 Å². The van der Waals surface area contributed by atoms with E-state index in [9.17, 15) is 9.59 Å². The van der Waals surface area contributed by atoms with Crippen LogP contribution in [0.4, 0.5) is 0 Å². The summed E-state index contributed by atoms with van der Waals surface area (Å²) in [7, 11) is 3.24. The molecule has 0 saturated heterocycles. The molecular weight excluding hydrogens is 196 g/mol. The quantitative estimate of drug-likeness (QED) is 0.766. The molecule has 82 valence electrons. The summed E-state index contributed by atoms with van der Waals surface area (Å²) >= 11 is 0. The normalized spacial score (nSPS) is 10.0. The number of carbonyl (C=O) groups is 1. The van der Waals surface area contributed by atoms with Crippen molar-refractivity contribution >= 4 is 5.91 Å². The van der Waals surface area contributed by atoms with Crippen LogP contribution in [-0.2, 0) is 4.74 Å². The number of hydrogen-bond acceptors (Lipinski definition) is 3. The molecule has 0 fully saturated rings. The predicted molar refractivity (Wildman–Crippen MR) is 55.9 cm³/mol. The van der Waals surface area contributed by atoms with Crippen LogP contribution in [0.3, 0.4) is 0 Å². The highest BCUT2D eigenvalue weighted by atomic mass is 16.5. The Kier molecular flexibility index (Phi) is 4.05. The number of methoxy groups -OCH3 is 1. The fourth-order valence-corrected chi connectivity index (χ4v) is 1.13. The molecule has 1 aromatic rings. The average Bonchev–Trinajstić information content (AvgIpc) is 2.24. The van der Waals surface area contributed by atoms with Gasteiger partial charge in [-0.2, -0.15) is 0 Å². The van der Waals surface area contributed by atoms with Crippen LogP contribution < -0.4 is 5.56 Å². The Morgan fingerprint density at radius 3 is 2.93 bits per heavy atom. The summed E-state index contributed by atoms with van der Waals surface area (Å²) in [6.07, 6.45) is 1.46. The summed E-state index contributed by atoms with van der Waals surface area (Å²) in [5.41, 5.74) is 0.110. The van der Waals surface area contributed by atoms with Crippen LogP contribution in [0.1, 0.15) is 10.4 Å². The first-order valence-electron chi connectivity index (χ1n) is 4.58. The first-order valence-corrected chi connectivity index (χ1v) is 4.58. The van der Waals surface area contributed by atoms with Gasteiger partial charge in [0.05, 0.1) is 6.61 Å².